The van der Waals surface area contributed by atoms with Crippen LogP contribution in [0.3, 0.4) is 0 Å². The molecule has 15 heavy (non-hydrogen) atoms. The normalized spacial score (nSPS) is 12.3. The Morgan fingerprint density at radius 1 is 1.53 bits per heavy atom. The van der Waals surface area contributed by atoms with E-state index in [0.29, 0.717) is 16.3 Å². The number of aryl methyl sites for hydroxylation is 1. The first-order valence-electron chi connectivity index (χ1n) is 4.54. The minimum atomic E-state index is -0.895. The molecule has 1 atom stereocenters. The highest BCUT2D eigenvalue weighted by Crippen LogP contribution is 2.35. The van der Waals surface area contributed by atoms with Gasteiger partial charge >= 0.3 is 5.97 Å². The van der Waals surface area contributed by atoms with Crippen LogP contribution in [0.2, 0.25) is 5.02 Å². The topological polar surface area (TPSA) is 46.5 Å². The van der Waals surface area contributed by atoms with Gasteiger partial charge in [-0.2, -0.15) is 0 Å². The van der Waals surface area contributed by atoms with Gasteiger partial charge in [-0.15, -0.1) is 0 Å². The highest BCUT2D eigenvalue weighted by Gasteiger charge is 2.21. The fourth-order valence-electron chi connectivity index (χ4n) is 1.48. The molecule has 1 aromatic carbocycles. The van der Waals surface area contributed by atoms with E-state index in [0.717, 1.165) is 5.56 Å². The van der Waals surface area contributed by atoms with E-state index in [9.17, 15) is 4.79 Å². The summed E-state index contributed by atoms with van der Waals surface area (Å²) in [7, 11) is 1.51. The second kappa shape index (κ2) is 4.53. The Hall–Kier alpha value is -1.22. The molecule has 0 spiro atoms. The molecule has 82 valence electrons. The predicted octanol–water partition coefficient (Wildman–Crippen LogP) is 2.85. The maximum absolute atomic E-state index is 10.9. The fourth-order valence-corrected chi connectivity index (χ4v) is 1.94. The Morgan fingerprint density at radius 3 is 2.60 bits per heavy atom. The Labute approximate surface area is 93.6 Å². The Kier molecular flexibility index (Phi) is 3.58. The quantitative estimate of drug-likeness (QED) is 0.865. The van der Waals surface area contributed by atoms with Crippen LogP contribution in [0.5, 0.6) is 5.75 Å². The molecule has 3 nitrogen and oxygen atoms in total. The van der Waals surface area contributed by atoms with E-state index in [1.165, 1.54) is 7.11 Å². The molecular weight excluding hydrogens is 216 g/mol. The van der Waals surface area contributed by atoms with Crippen LogP contribution < -0.4 is 4.74 Å². The van der Waals surface area contributed by atoms with Crippen molar-refractivity contribution in [3.63, 3.8) is 0 Å². The number of hydrogen-bond donors (Lipinski definition) is 1. The number of carbonyl (C=O) groups is 1. The summed E-state index contributed by atoms with van der Waals surface area (Å²) in [5, 5.41) is 9.33. The molecular formula is C11H13ClO3. The predicted molar refractivity (Wildman–Crippen MR) is 58.8 cm³/mol. The van der Waals surface area contributed by atoms with E-state index < -0.39 is 11.9 Å². The summed E-state index contributed by atoms with van der Waals surface area (Å²) < 4.78 is 5.05. The van der Waals surface area contributed by atoms with Gasteiger partial charge in [-0.25, -0.2) is 0 Å². The van der Waals surface area contributed by atoms with Crippen molar-refractivity contribution in [1.29, 1.82) is 0 Å². The second-order valence-electron chi connectivity index (χ2n) is 3.37. The summed E-state index contributed by atoms with van der Waals surface area (Å²) in [5.41, 5.74) is 1.47. The minimum Gasteiger partial charge on any atom is -0.495 e. The maximum Gasteiger partial charge on any atom is 0.310 e. The van der Waals surface area contributed by atoms with E-state index in [-0.39, 0.29) is 0 Å². The number of rotatable bonds is 3. The smallest absolute Gasteiger partial charge is 0.310 e. The highest BCUT2D eigenvalue weighted by molar-refractivity contribution is 6.33. The summed E-state index contributed by atoms with van der Waals surface area (Å²) in [6.45, 7) is 3.44. The number of ether oxygens (including phenoxy) is 1. The number of carboxylic acid groups (broad SMARTS) is 1. The van der Waals surface area contributed by atoms with Gasteiger partial charge in [0.1, 0.15) is 5.75 Å². The van der Waals surface area contributed by atoms with E-state index in [1.54, 1.807) is 19.1 Å². The van der Waals surface area contributed by atoms with Crippen LogP contribution in [0.1, 0.15) is 24.0 Å². The standard InChI is InChI=1S/C11H13ClO3/c1-6-4-5-8(15-3)10(12)9(6)7(2)11(13)14/h4-5,7H,1-3H3,(H,13,14). The van der Waals surface area contributed by atoms with Crippen molar-refractivity contribution in [2.24, 2.45) is 0 Å². The van der Waals surface area contributed by atoms with Crippen molar-refractivity contribution in [2.45, 2.75) is 19.8 Å². The lowest BCUT2D eigenvalue weighted by Gasteiger charge is -2.14. The molecule has 4 heteroatoms. The SMILES string of the molecule is COc1ccc(C)c(C(C)C(=O)O)c1Cl. The Balaban J connectivity index is 3.32. The highest BCUT2D eigenvalue weighted by atomic mass is 35.5. The fraction of sp³-hybridized carbons (Fsp3) is 0.364. The van der Waals surface area contributed by atoms with Crippen molar-refractivity contribution in [2.75, 3.05) is 7.11 Å². The largest absolute Gasteiger partial charge is 0.495 e. The molecule has 0 saturated carbocycles. The van der Waals surface area contributed by atoms with Gasteiger partial charge in [0.15, 0.2) is 0 Å². The van der Waals surface area contributed by atoms with Crippen LogP contribution in [0, 0.1) is 6.92 Å². The van der Waals surface area contributed by atoms with Gasteiger partial charge in [-0.3, -0.25) is 4.79 Å². The van der Waals surface area contributed by atoms with Gasteiger partial charge in [0.2, 0.25) is 0 Å². The van der Waals surface area contributed by atoms with Crippen LogP contribution in [0.25, 0.3) is 0 Å². The molecule has 1 unspecified atom stereocenters. The third kappa shape index (κ3) is 2.23. The van der Waals surface area contributed by atoms with Crippen LogP contribution in [0.15, 0.2) is 12.1 Å². The summed E-state index contributed by atoms with van der Waals surface area (Å²) in [6, 6.07) is 3.54. The molecule has 0 aliphatic rings. The summed E-state index contributed by atoms with van der Waals surface area (Å²) >= 11 is 6.06. The molecule has 0 amide bonds. The van der Waals surface area contributed by atoms with Crippen LogP contribution >= 0.6 is 11.6 Å². The van der Waals surface area contributed by atoms with Crippen molar-refractivity contribution in [3.8, 4) is 5.75 Å². The molecule has 1 rings (SSSR count). The molecule has 0 heterocycles. The molecule has 0 aliphatic carbocycles. The van der Waals surface area contributed by atoms with Gasteiger partial charge in [-0.1, -0.05) is 17.7 Å². The number of aliphatic carboxylic acids is 1. The monoisotopic (exact) mass is 228 g/mol. The third-order valence-electron chi connectivity index (χ3n) is 2.39. The summed E-state index contributed by atoms with van der Waals surface area (Å²) in [6.07, 6.45) is 0. The average Bonchev–Trinajstić information content (AvgIpc) is 2.17. The molecule has 0 bridgehead atoms. The lowest BCUT2D eigenvalue weighted by Crippen LogP contribution is -2.10. The zero-order valence-electron chi connectivity index (χ0n) is 8.87. The van der Waals surface area contributed by atoms with Crippen molar-refractivity contribution >= 4 is 17.6 Å². The zero-order valence-corrected chi connectivity index (χ0v) is 9.63. The average molecular weight is 229 g/mol. The van der Waals surface area contributed by atoms with Gasteiger partial charge < -0.3 is 9.84 Å². The molecule has 0 saturated heterocycles. The van der Waals surface area contributed by atoms with Crippen molar-refractivity contribution < 1.29 is 14.6 Å². The van der Waals surface area contributed by atoms with E-state index in [4.69, 9.17) is 21.4 Å². The first kappa shape index (κ1) is 11.9. The third-order valence-corrected chi connectivity index (χ3v) is 2.78. The molecule has 0 aliphatic heterocycles. The number of benzene rings is 1. The lowest BCUT2D eigenvalue weighted by atomic mass is 9.96. The van der Waals surface area contributed by atoms with Gasteiger partial charge in [0.05, 0.1) is 18.1 Å². The van der Waals surface area contributed by atoms with E-state index >= 15 is 0 Å². The van der Waals surface area contributed by atoms with Crippen molar-refractivity contribution in [1.82, 2.24) is 0 Å². The molecule has 0 aromatic heterocycles. The lowest BCUT2D eigenvalue weighted by molar-refractivity contribution is -0.138. The minimum absolute atomic E-state index is 0.382. The van der Waals surface area contributed by atoms with Crippen LogP contribution in [-0.4, -0.2) is 18.2 Å². The second-order valence-corrected chi connectivity index (χ2v) is 3.75. The first-order valence-corrected chi connectivity index (χ1v) is 4.92. The van der Waals surface area contributed by atoms with Gasteiger partial charge in [-0.05, 0) is 31.0 Å². The molecule has 1 N–H and O–H groups in total. The number of carboxylic acids is 1. The molecule has 1 aromatic rings. The van der Waals surface area contributed by atoms with Crippen LogP contribution in [-0.2, 0) is 4.79 Å². The number of halogens is 1. The first-order chi connectivity index (χ1) is 6.99. The van der Waals surface area contributed by atoms with Gasteiger partial charge in [0, 0.05) is 0 Å². The number of hydrogen-bond acceptors (Lipinski definition) is 2. The molecule has 0 fully saturated rings. The van der Waals surface area contributed by atoms with Crippen LogP contribution in [0.4, 0.5) is 0 Å². The van der Waals surface area contributed by atoms with Gasteiger partial charge in [0.25, 0.3) is 0 Å². The van der Waals surface area contributed by atoms with E-state index in [2.05, 4.69) is 0 Å². The zero-order chi connectivity index (χ0) is 11.6. The number of methoxy groups -OCH3 is 1. The summed E-state index contributed by atoms with van der Waals surface area (Å²) in [5.74, 6) is -1.02. The maximum atomic E-state index is 10.9. The Bertz CT molecular complexity index is 388. The van der Waals surface area contributed by atoms with Crippen molar-refractivity contribution in [3.05, 3.63) is 28.3 Å². The Morgan fingerprint density at radius 2 is 2.13 bits per heavy atom. The molecule has 0 radical (unpaired) electrons. The summed E-state index contributed by atoms with van der Waals surface area (Å²) in [4.78, 5) is 10.9. The van der Waals surface area contributed by atoms with E-state index in [1.807, 2.05) is 6.92 Å².